The fourth-order valence-electron chi connectivity index (χ4n) is 6.24. The lowest BCUT2D eigenvalue weighted by molar-refractivity contribution is -0.143. The zero-order valence-electron chi connectivity index (χ0n) is 32.3. The third-order valence-electron chi connectivity index (χ3n) is 9.20. The number of ether oxygens (including phenoxy) is 5. The van der Waals surface area contributed by atoms with E-state index in [1.807, 2.05) is 43.3 Å². The van der Waals surface area contributed by atoms with Gasteiger partial charge in [0.25, 0.3) is 0 Å². The molecule has 280 valence electrons. The molecule has 0 saturated carbocycles. The summed E-state index contributed by atoms with van der Waals surface area (Å²) in [4.78, 5) is 33.2. The Kier molecular flexibility index (Phi) is 13.7. The summed E-state index contributed by atoms with van der Waals surface area (Å²) in [6.45, 7) is 17.1. The van der Waals surface area contributed by atoms with E-state index >= 15 is 0 Å². The minimum absolute atomic E-state index is 0.0700. The van der Waals surface area contributed by atoms with Crippen LogP contribution in [0.25, 0.3) is 6.08 Å². The predicted molar refractivity (Wildman–Crippen MR) is 204 cm³/mol. The minimum atomic E-state index is -0.308. The summed E-state index contributed by atoms with van der Waals surface area (Å²) in [5.41, 5.74) is 6.27. The number of benzene rings is 3. The first-order valence-electron chi connectivity index (χ1n) is 18.5. The van der Waals surface area contributed by atoms with Gasteiger partial charge in [-0.05, 0) is 171 Å². The Morgan fingerprint density at radius 3 is 1.62 bits per heavy atom. The van der Waals surface area contributed by atoms with Gasteiger partial charge in [0, 0.05) is 18.1 Å². The molecule has 0 radical (unpaired) electrons. The highest BCUT2D eigenvalue weighted by Crippen LogP contribution is 2.35. The molecule has 8 nitrogen and oxygen atoms in total. The molecule has 0 amide bonds. The number of hydrogen-bond acceptors (Lipinski definition) is 8. The van der Waals surface area contributed by atoms with Crippen molar-refractivity contribution >= 4 is 24.3 Å². The van der Waals surface area contributed by atoms with Crippen LogP contribution in [0, 0.1) is 0 Å². The summed E-state index contributed by atoms with van der Waals surface area (Å²) < 4.78 is 27.5. The van der Waals surface area contributed by atoms with Gasteiger partial charge in [-0.1, -0.05) is 18.2 Å². The lowest BCUT2D eigenvalue weighted by Gasteiger charge is -2.32. The molecule has 0 spiro atoms. The molecular formula is C44H56O8. The van der Waals surface area contributed by atoms with Crippen LogP contribution in [-0.2, 0) is 44.7 Å². The Labute approximate surface area is 309 Å². The van der Waals surface area contributed by atoms with Gasteiger partial charge in [-0.25, -0.2) is 4.79 Å². The van der Waals surface area contributed by atoms with Gasteiger partial charge in [0.05, 0.1) is 13.2 Å². The zero-order chi connectivity index (χ0) is 37.9. The molecule has 3 aromatic rings. The first kappa shape index (κ1) is 40.2. The highest BCUT2D eigenvalue weighted by atomic mass is 16.5. The molecular weight excluding hydrogens is 656 g/mol. The third kappa shape index (κ3) is 12.3. The van der Waals surface area contributed by atoms with Crippen molar-refractivity contribution in [3.63, 3.8) is 0 Å². The lowest BCUT2D eigenvalue weighted by atomic mass is 9.93. The van der Waals surface area contributed by atoms with Crippen molar-refractivity contribution in [3.05, 3.63) is 94.1 Å². The van der Waals surface area contributed by atoms with E-state index in [9.17, 15) is 14.4 Å². The minimum Gasteiger partial charge on any atom is -0.488 e. The van der Waals surface area contributed by atoms with Crippen LogP contribution in [0.4, 0.5) is 0 Å². The van der Waals surface area contributed by atoms with E-state index in [0.29, 0.717) is 19.6 Å². The zero-order valence-corrected chi connectivity index (χ0v) is 32.3. The van der Waals surface area contributed by atoms with Crippen molar-refractivity contribution < 1.29 is 38.1 Å². The number of aryl methyl sites for hydroxylation is 4. The quantitative estimate of drug-likeness (QED) is 0.130. The number of carbonyl (C=O) groups is 3. The molecule has 3 heterocycles. The molecule has 3 aliphatic heterocycles. The molecule has 0 aromatic heterocycles. The topological polar surface area (TPSA) is 97.4 Å². The maximum atomic E-state index is 11.3. The molecule has 0 N–H and O–H groups in total. The van der Waals surface area contributed by atoms with Crippen molar-refractivity contribution in [2.24, 2.45) is 0 Å². The van der Waals surface area contributed by atoms with E-state index in [4.69, 9.17) is 23.7 Å². The fourth-order valence-corrected chi connectivity index (χ4v) is 6.24. The molecule has 0 unspecified atom stereocenters. The Morgan fingerprint density at radius 2 is 1.12 bits per heavy atom. The fraction of sp³-hybridized carbons (Fsp3) is 0.477. The number of hydrogen-bond donors (Lipinski definition) is 0. The number of esters is 2. The highest BCUT2D eigenvalue weighted by Gasteiger charge is 2.28. The maximum Gasteiger partial charge on any atom is 0.330 e. The van der Waals surface area contributed by atoms with E-state index < -0.39 is 0 Å². The van der Waals surface area contributed by atoms with Gasteiger partial charge in [0.2, 0.25) is 0 Å². The van der Waals surface area contributed by atoms with Crippen LogP contribution < -0.4 is 14.2 Å². The molecule has 0 bridgehead atoms. The van der Waals surface area contributed by atoms with Crippen LogP contribution in [0.3, 0.4) is 0 Å². The first-order valence-corrected chi connectivity index (χ1v) is 18.5. The molecule has 0 saturated heterocycles. The van der Waals surface area contributed by atoms with Crippen LogP contribution in [0.1, 0.15) is 119 Å². The molecule has 0 atom stereocenters. The summed E-state index contributed by atoms with van der Waals surface area (Å²) in [6, 6.07) is 17.8. The summed E-state index contributed by atoms with van der Waals surface area (Å²) in [7, 11) is 0. The van der Waals surface area contributed by atoms with Crippen LogP contribution in [0.15, 0.2) is 60.7 Å². The number of rotatable bonds is 8. The van der Waals surface area contributed by atoms with Crippen molar-refractivity contribution in [2.45, 2.75) is 124 Å². The second-order valence-electron chi connectivity index (χ2n) is 15.3. The van der Waals surface area contributed by atoms with Crippen molar-refractivity contribution in [1.29, 1.82) is 0 Å². The lowest BCUT2D eigenvalue weighted by Crippen LogP contribution is -2.32. The largest absolute Gasteiger partial charge is 0.488 e. The molecule has 0 aliphatic carbocycles. The third-order valence-corrected chi connectivity index (χ3v) is 9.20. The van der Waals surface area contributed by atoms with E-state index in [-0.39, 0.29) is 28.7 Å². The average Bonchev–Trinajstić information content (AvgIpc) is 3.09. The molecule has 6 rings (SSSR count). The summed E-state index contributed by atoms with van der Waals surface area (Å²) >= 11 is 0. The Hall–Kier alpha value is -4.59. The Bertz CT molecular complexity index is 1730. The monoisotopic (exact) mass is 712 g/mol. The van der Waals surface area contributed by atoms with Gasteiger partial charge >= 0.3 is 11.9 Å². The second-order valence-corrected chi connectivity index (χ2v) is 15.3. The molecule has 0 fully saturated rings. The SMILES string of the molecule is CC1(C)CCc2cc(C=O)ccc2O1.CCOC(=O)/C=C/c1ccc2c(c1)CCC(C)(C)O2.CCOC(=O)CCc1ccc2c(c1)CCC(C)(C)O2. The predicted octanol–water partition coefficient (Wildman–Crippen LogP) is 9.26. The van der Waals surface area contributed by atoms with E-state index in [1.165, 1.54) is 22.8 Å². The normalized spacial score (nSPS) is 17.0. The number of aldehydes is 1. The van der Waals surface area contributed by atoms with Crippen LogP contribution in [0.5, 0.6) is 17.2 Å². The summed E-state index contributed by atoms with van der Waals surface area (Å²) in [5, 5.41) is 0. The molecule has 3 aliphatic rings. The Balaban J connectivity index is 0.000000177. The van der Waals surface area contributed by atoms with Gasteiger partial charge < -0.3 is 23.7 Å². The van der Waals surface area contributed by atoms with Gasteiger partial charge in [-0.15, -0.1) is 0 Å². The highest BCUT2D eigenvalue weighted by molar-refractivity contribution is 5.87. The van der Waals surface area contributed by atoms with Gasteiger partial charge in [0.15, 0.2) is 0 Å². The standard InChI is InChI=1S/C16H22O3.C16H20O3.C12H14O2/c2*1-4-18-15(17)8-6-12-5-7-14-13(11-12)9-10-16(2,3)19-14;1-12(2)6-5-10-7-9(8-13)3-4-11(10)14-12/h5,7,11H,4,6,8-10H2,1-3H3;5-8,11H,4,9-10H2,1-3H3;3-4,7-8H,5-6H2,1-2H3/b;8-6+;. The van der Waals surface area contributed by atoms with E-state index in [1.54, 1.807) is 19.1 Å². The van der Waals surface area contributed by atoms with Crippen molar-refractivity contribution in [1.82, 2.24) is 0 Å². The smallest absolute Gasteiger partial charge is 0.330 e. The maximum absolute atomic E-state index is 11.3. The Morgan fingerprint density at radius 1 is 0.654 bits per heavy atom. The average molecular weight is 713 g/mol. The van der Waals surface area contributed by atoms with Gasteiger partial charge in [-0.3, -0.25) is 9.59 Å². The molecule has 3 aromatic carbocycles. The summed E-state index contributed by atoms with van der Waals surface area (Å²) in [6.07, 6.45) is 11.4. The van der Waals surface area contributed by atoms with Crippen LogP contribution >= 0.6 is 0 Å². The summed E-state index contributed by atoms with van der Waals surface area (Å²) in [5.74, 6) is 2.42. The number of carbonyl (C=O) groups excluding carboxylic acids is 3. The van der Waals surface area contributed by atoms with Crippen molar-refractivity contribution in [2.75, 3.05) is 13.2 Å². The number of fused-ring (bicyclic) bond motifs is 3. The van der Waals surface area contributed by atoms with Crippen LogP contribution in [-0.4, -0.2) is 48.2 Å². The van der Waals surface area contributed by atoms with Gasteiger partial charge in [0.1, 0.15) is 40.3 Å². The van der Waals surface area contributed by atoms with E-state index in [2.05, 4.69) is 53.7 Å². The van der Waals surface area contributed by atoms with Crippen molar-refractivity contribution in [3.8, 4) is 17.2 Å². The molecule has 52 heavy (non-hydrogen) atoms. The molecule has 8 heteroatoms. The van der Waals surface area contributed by atoms with Gasteiger partial charge in [-0.2, -0.15) is 0 Å². The second kappa shape index (κ2) is 17.8. The first-order chi connectivity index (χ1) is 24.6. The van der Waals surface area contributed by atoms with E-state index in [0.717, 1.165) is 85.2 Å². The van der Waals surface area contributed by atoms with Crippen LogP contribution in [0.2, 0.25) is 0 Å².